The molecule has 0 unspecified atom stereocenters. The summed E-state index contributed by atoms with van der Waals surface area (Å²) in [6, 6.07) is 5.54. The van der Waals surface area contributed by atoms with Crippen LogP contribution in [0.15, 0.2) is 27.9 Å². The average molecular weight is 428 g/mol. The minimum absolute atomic E-state index is 0.100. The number of carbonyl (C=O) groups excluding carboxylic acids is 2. The number of halogens is 1. The summed E-state index contributed by atoms with van der Waals surface area (Å²) in [5.74, 6) is -0.285. The van der Waals surface area contributed by atoms with Crippen LogP contribution in [0.3, 0.4) is 0 Å². The van der Waals surface area contributed by atoms with Crippen molar-refractivity contribution in [3.05, 3.63) is 34.3 Å². The van der Waals surface area contributed by atoms with E-state index in [2.05, 4.69) is 15.3 Å². The third kappa shape index (κ3) is 5.16. The van der Waals surface area contributed by atoms with Crippen LogP contribution < -0.4 is 5.32 Å². The van der Waals surface area contributed by atoms with E-state index >= 15 is 0 Å². The number of ether oxygens (including phenoxy) is 1. The van der Waals surface area contributed by atoms with Gasteiger partial charge in [0.1, 0.15) is 0 Å². The Labute approximate surface area is 166 Å². The van der Waals surface area contributed by atoms with Crippen molar-refractivity contribution < 1.29 is 14.3 Å². The van der Waals surface area contributed by atoms with Crippen molar-refractivity contribution >= 4 is 73.3 Å². The van der Waals surface area contributed by atoms with Gasteiger partial charge in [-0.3, -0.25) is 9.59 Å². The number of nitrogens with one attached hydrogen (secondary N) is 1. The van der Waals surface area contributed by atoms with Gasteiger partial charge in [0.2, 0.25) is 5.91 Å². The van der Waals surface area contributed by atoms with Gasteiger partial charge < -0.3 is 10.1 Å². The molecule has 0 atom stereocenters. The highest BCUT2D eigenvalue weighted by molar-refractivity contribution is 8.01. The van der Waals surface area contributed by atoms with Crippen LogP contribution >= 0.6 is 46.0 Å². The Balaban J connectivity index is 1.52. The van der Waals surface area contributed by atoms with Crippen molar-refractivity contribution in [3.8, 4) is 0 Å². The molecule has 10 heteroatoms. The monoisotopic (exact) mass is 427 g/mol. The Kier molecular flexibility index (Phi) is 6.47. The van der Waals surface area contributed by atoms with Crippen molar-refractivity contribution in [3.63, 3.8) is 0 Å². The highest BCUT2D eigenvalue weighted by Crippen LogP contribution is 2.31. The number of thioether (sulfide) groups is 1. The predicted molar refractivity (Wildman–Crippen MR) is 106 cm³/mol. The zero-order valence-corrected chi connectivity index (χ0v) is 16.9. The zero-order chi connectivity index (χ0) is 18.5. The van der Waals surface area contributed by atoms with Gasteiger partial charge in [0, 0.05) is 10.4 Å². The number of hydrogen-bond donors (Lipinski definition) is 1. The molecule has 0 aliphatic rings. The number of carbonyl (C=O) groups is 2. The van der Waals surface area contributed by atoms with Crippen molar-refractivity contribution in [1.82, 2.24) is 9.97 Å². The number of esters is 1. The van der Waals surface area contributed by atoms with Gasteiger partial charge in [0.15, 0.2) is 9.47 Å². The summed E-state index contributed by atoms with van der Waals surface area (Å²) >= 11 is 10.1. The lowest BCUT2D eigenvalue weighted by Gasteiger charge is -2.00. The van der Waals surface area contributed by atoms with Crippen molar-refractivity contribution in [1.29, 1.82) is 0 Å². The first-order valence-corrected chi connectivity index (χ1v) is 10.7. The van der Waals surface area contributed by atoms with Crippen molar-refractivity contribution in [2.75, 3.05) is 17.7 Å². The Morgan fingerprint density at radius 2 is 2.19 bits per heavy atom. The first-order valence-electron chi connectivity index (χ1n) is 7.62. The molecule has 0 radical (unpaired) electrons. The fraction of sp³-hybridized carbons (Fsp3) is 0.250. The van der Waals surface area contributed by atoms with Gasteiger partial charge in [-0.05, 0) is 25.1 Å². The molecule has 0 aliphatic carbocycles. The second-order valence-corrected chi connectivity index (χ2v) is 8.60. The van der Waals surface area contributed by atoms with E-state index in [-0.39, 0.29) is 24.1 Å². The summed E-state index contributed by atoms with van der Waals surface area (Å²) in [7, 11) is 0. The molecule has 0 bridgehead atoms. The number of benzene rings is 1. The number of fused-ring (bicyclic) bond motifs is 1. The van der Waals surface area contributed by atoms with E-state index in [0.717, 1.165) is 14.6 Å². The maximum atomic E-state index is 12.1. The number of thiazole rings is 2. The Morgan fingerprint density at radius 3 is 3.00 bits per heavy atom. The van der Waals surface area contributed by atoms with Gasteiger partial charge in [0.05, 0.1) is 34.7 Å². The number of aromatic nitrogens is 2. The Morgan fingerprint density at radius 1 is 1.35 bits per heavy atom. The smallest absolute Gasteiger partial charge is 0.311 e. The predicted octanol–water partition coefficient (Wildman–Crippen LogP) is 4.24. The van der Waals surface area contributed by atoms with Gasteiger partial charge in [-0.25, -0.2) is 9.97 Å². The highest BCUT2D eigenvalue weighted by atomic mass is 35.5. The Bertz CT molecular complexity index is 941. The Hall–Kier alpha value is -1.68. The molecular weight excluding hydrogens is 414 g/mol. The first kappa shape index (κ1) is 19.1. The molecule has 136 valence electrons. The van der Waals surface area contributed by atoms with E-state index in [0.29, 0.717) is 22.5 Å². The van der Waals surface area contributed by atoms with E-state index < -0.39 is 0 Å². The molecule has 6 nitrogen and oxygen atoms in total. The lowest BCUT2D eigenvalue weighted by Crippen LogP contribution is -2.14. The van der Waals surface area contributed by atoms with E-state index in [1.807, 2.05) is 12.1 Å². The lowest BCUT2D eigenvalue weighted by atomic mass is 10.3. The summed E-state index contributed by atoms with van der Waals surface area (Å²) in [4.78, 5) is 32.2. The summed E-state index contributed by atoms with van der Waals surface area (Å²) < 4.78 is 6.71. The van der Waals surface area contributed by atoms with Gasteiger partial charge in [-0.15, -0.1) is 22.7 Å². The number of amides is 1. The summed E-state index contributed by atoms with van der Waals surface area (Å²) in [5, 5.41) is 5.57. The molecular formula is C16H14ClN3O3S3. The number of anilines is 1. The van der Waals surface area contributed by atoms with E-state index in [1.165, 1.54) is 34.4 Å². The second kappa shape index (κ2) is 8.81. The van der Waals surface area contributed by atoms with Gasteiger partial charge >= 0.3 is 5.97 Å². The third-order valence-electron chi connectivity index (χ3n) is 3.09. The minimum Gasteiger partial charge on any atom is -0.466 e. The number of rotatable bonds is 7. The standard InChI is InChI=1S/C16H14ClN3O3S3/c1-2-23-14(22)6-10-7-24-15(18-10)20-13(21)8-25-16-19-11-5-9(17)3-4-12(11)26-16/h3-5,7H,2,6,8H2,1H3,(H,18,20,21). The van der Waals surface area contributed by atoms with Gasteiger partial charge in [-0.2, -0.15) is 0 Å². The molecule has 26 heavy (non-hydrogen) atoms. The molecule has 0 fully saturated rings. The maximum absolute atomic E-state index is 12.1. The second-order valence-electron chi connectivity index (χ2n) is 5.05. The van der Waals surface area contributed by atoms with Crippen molar-refractivity contribution in [2.45, 2.75) is 17.7 Å². The lowest BCUT2D eigenvalue weighted by molar-refractivity contribution is -0.142. The number of nitrogens with zero attached hydrogens (tertiary/aromatic N) is 2. The fourth-order valence-corrected chi connectivity index (χ4v) is 4.77. The quantitative estimate of drug-likeness (QED) is 0.448. The van der Waals surface area contributed by atoms with E-state index in [9.17, 15) is 9.59 Å². The first-order chi connectivity index (χ1) is 12.5. The minimum atomic E-state index is -0.331. The van der Waals surface area contributed by atoms with E-state index in [1.54, 1.807) is 18.4 Å². The van der Waals surface area contributed by atoms with Crippen LogP contribution in [0, 0.1) is 0 Å². The largest absolute Gasteiger partial charge is 0.466 e. The summed E-state index contributed by atoms with van der Waals surface area (Å²) in [5.41, 5.74) is 1.41. The van der Waals surface area contributed by atoms with Gasteiger partial charge in [0.25, 0.3) is 0 Å². The summed E-state index contributed by atoms with van der Waals surface area (Å²) in [6.07, 6.45) is 0.100. The van der Waals surface area contributed by atoms with Crippen LogP contribution in [-0.2, 0) is 20.7 Å². The molecule has 0 spiro atoms. The molecule has 0 aliphatic heterocycles. The molecule has 3 rings (SSSR count). The van der Waals surface area contributed by atoms with Crippen LogP contribution in [0.2, 0.25) is 5.02 Å². The molecule has 1 N–H and O–H groups in total. The fourth-order valence-electron chi connectivity index (χ4n) is 2.03. The molecule has 2 aromatic heterocycles. The van der Waals surface area contributed by atoms with Crippen molar-refractivity contribution in [2.24, 2.45) is 0 Å². The summed E-state index contributed by atoms with van der Waals surface area (Å²) in [6.45, 7) is 2.09. The molecule has 1 amide bonds. The average Bonchev–Trinajstić information content (AvgIpc) is 3.19. The third-order valence-corrected chi connectivity index (χ3v) is 6.31. The van der Waals surface area contributed by atoms with Crippen LogP contribution in [0.1, 0.15) is 12.6 Å². The molecule has 1 aromatic carbocycles. The maximum Gasteiger partial charge on any atom is 0.311 e. The van der Waals surface area contributed by atoms with Crippen LogP contribution in [0.5, 0.6) is 0 Å². The van der Waals surface area contributed by atoms with Gasteiger partial charge in [-0.1, -0.05) is 23.4 Å². The van der Waals surface area contributed by atoms with Crippen LogP contribution in [-0.4, -0.2) is 34.2 Å². The molecule has 0 saturated heterocycles. The molecule has 2 heterocycles. The van der Waals surface area contributed by atoms with Crippen LogP contribution in [0.25, 0.3) is 10.2 Å². The molecule has 0 saturated carbocycles. The number of hydrogen-bond acceptors (Lipinski definition) is 8. The van der Waals surface area contributed by atoms with Crippen LogP contribution in [0.4, 0.5) is 5.13 Å². The normalized spacial score (nSPS) is 10.8. The zero-order valence-electron chi connectivity index (χ0n) is 13.7. The molecule has 3 aromatic rings. The topological polar surface area (TPSA) is 81.2 Å². The van der Waals surface area contributed by atoms with E-state index in [4.69, 9.17) is 16.3 Å². The highest BCUT2D eigenvalue weighted by Gasteiger charge is 2.12. The SMILES string of the molecule is CCOC(=O)Cc1csc(NC(=O)CSc2nc3cc(Cl)ccc3s2)n1.